The number of sulfone groups is 1. The Labute approximate surface area is 100.0 Å². The standard InChI is InChI=1S/C11H14FNO3S/c1-13(5-6-17(2,15)16)11-4-3-9(8-14)7-10(11)12/h3-4,7-8H,5-6H2,1-2H3. The number of nitrogens with zero attached hydrogens (tertiary/aromatic N) is 1. The van der Waals surface area contributed by atoms with Crippen LogP contribution in [0.15, 0.2) is 18.2 Å². The second-order valence-corrected chi connectivity index (χ2v) is 6.14. The van der Waals surface area contributed by atoms with Gasteiger partial charge < -0.3 is 4.90 Å². The highest BCUT2D eigenvalue weighted by molar-refractivity contribution is 7.90. The maximum Gasteiger partial charge on any atom is 0.150 e. The summed E-state index contributed by atoms with van der Waals surface area (Å²) in [5.41, 5.74) is 0.530. The van der Waals surface area contributed by atoms with E-state index < -0.39 is 15.7 Å². The van der Waals surface area contributed by atoms with Gasteiger partial charge in [-0.25, -0.2) is 12.8 Å². The summed E-state index contributed by atoms with van der Waals surface area (Å²) in [6.07, 6.45) is 1.69. The molecule has 0 amide bonds. The molecule has 0 bridgehead atoms. The van der Waals surface area contributed by atoms with Crippen LogP contribution in [0, 0.1) is 5.82 Å². The molecule has 4 nitrogen and oxygen atoms in total. The summed E-state index contributed by atoms with van der Waals surface area (Å²) in [4.78, 5) is 11.9. The molecule has 0 spiro atoms. The Hall–Kier alpha value is -1.43. The molecule has 0 radical (unpaired) electrons. The third-order valence-corrected chi connectivity index (χ3v) is 3.24. The van der Waals surface area contributed by atoms with E-state index in [4.69, 9.17) is 0 Å². The lowest BCUT2D eigenvalue weighted by molar-refractivity contribution is 0.112. The topological polar surface area (TPSA) is 54.5 Å². The maximum absolute atomic E-state index is 13.6. The number of hydrogen-bond donors (Lipinski definition) is 0. The summed E-state index contributed by atoms with van der Waals surface area (Å²) in [6.45, 7) is 0.205. The summed E-state index contributed by atoms with van der Waals surface area (Å²) in [6, 6.07) is 4.07. The monoisotopic (exact) mass is 259 g/mol. The van der Waals surface area contributed by atoms with E-state index in [-0.39, 0.29) is 23.5 Å². The quantitative estimate of drug-likeness (QED) is 0.744. The predicted octanol–water partition coefficient (Wildman–Crippen LogP) is 1.12. The van der Waals surface area contributed by atoms with E-state index in [0.29, 0.717) is 6.29 Å². The second kappa shape index (κ2) is 5.27. The van der Waals surface area contributed by atoms with Gasteiger partial charge >= 0.3 is 0 Å². The zero-order valence-corrected chi connectivity index (χ0v) is 10.5. The molecule has 1 aromatic carbocycles. The lowest BCUT2D eigenvalue weighted by atomic mass is 10.2. The van der Waals surface area contributed by atoms with E-state index in [0.717, 1.165) is 12.3 Å². The van der Waals surface area contributed by atoms with Gasteiger partial charge in [-0.2, -0.15) is 0 Å². The lowest BCUT2D eigenvalue weighted by Gasteiger charge is -2.19. The molecule has 0 unspecified atom stereocenters. The van der Waals surface area contributed by atoms with Crippen molar-refractivity contribution in [3.63, 3.8) is 0 Å². The maximum atomic E-state index is 13.6. The van der Waals surface area contributed by atoms with E-state index >= 15 is 0 Å². The molecule has 0 heterocycles. The second-order valence-electron chi connectivity index (χ2n) is 3.88. The molecule has 0 saturated carbocycles. The smallest absolute Gasteiger partial charge is 0.150 e. The molecule has 0 atom stereocenters. The first-order valence-electron chi connectivity index (χ1n) is 4.97. The number of carbonyl (C=O) groups excluding carboxylic acids is 1. The molecule has 0 N–H and O–H groups in total. The minimum absolute atomic E-state index is 0.0433. The Morgan fingerprint density at radius 1 is 1.41 bits per heavy atom. The molecular weight excluding hydrogens is 245 g/mol. The SMILES string of the molecule is CN(CCS(C)(=O)=O)c1ccc(C=O)cc1F. The normalized spacial score (nSPS) is 11.2. The Morgan fingerprint density at radius 3 is 2.53 bits per heavy atom. The van der Waals surface area contributed by atoms with Crippen LogP contribution in [0.5, 0.6) is 0 Å². The summed E-state index contributed by atoms with van der Waals surface area (Å²) < 4.78 is 35.5. The van der Waals surface area contributed by atoms with Gasteiger partial charge in [0.05, 0.1) is 11.4 Å². The molecule has 1 aromatic rings. The third-order valence-electron chi connectivity index (χ3n) is 2.32. The van der Waals surface area contributed by atoms with E-state index in [1.54, 1.807) is 7.05 Å². The Morgan fingerprint density at radius 2 is 2.06 bits per heavy atom. The van der Waals surface area contributed by atoms with E-state index in [1.165, 1.54) is 17.0 Å². The zero-order valence-electron chi connectivity index (χ0n) is 9.68. The minimum Gasteiger partial charge on any atom is -0.371 e. The lowest BCUT2D eigenvalue weighted by Crippen LogP contribution is -2.25. The van der Waals surface area contributed by atoms with Gasteiger partial charge in [-0.05, 0) is 18.2 Å². The summed E-state index contributed by atoms with van der Waals surface area (Å²) in [5.74, 6) is -0.580. The minimum atomic E-state index is -3.07. The first-order valence-corrected chi connectivity index (χ1v) is 7.03. The van der Waals surface area contributed by atoms with Crippen LogP contribution in [0.4, 0.5) is 10.1 Å². The Kier molecular flexibility index (Phi) is 4.22. The largest absolute Gasteiger partial charge is 0.371 e. The van der Waals surface area contributed by atoms with Crippen LogP contribution >= 0.6 is 0 Å². The van der Waals surface area contributed by atoms with Crippen molar-refractivity contribution < 1.29 is 17.6 Å². The van der Waals surface area contributed by atoms with Crippen LogP contribution in [-0.2, 0) is 9.84 Å². The number of aldehydes is 1. The van der Waals surface area contributed by atoms with Crippen LogP contribution in [0.3, 0.4) is 0 Å². The van der Waals surface area contributed by atoms with E-state index in [1.807, 2.05) is 0 Å². The van der Waals surface area contributed by atoms with Crippen LogP contribution in [0.2, 0.25) is 0 Å². The molecule has 94 valence electrons. The highest BCUT2D eigenvalue weighted by atomic mass is 32.2. The van der Waals surface area contributed by atoms with Crippen LogP contribution in [-0.4, -0.2) is 40.3 Å². The van der Waals surface area contributed by atoms with Crippen molar-refractivity contribution in [3.05, 3.63) is 29.6 Å². The predicted molar refractivity (Wildman–Crippen MR) is 64.8 cm³/mol. The molecule has 17 heavy (non-hydrogen) atoms. The average Bonchev–Trinajstić information content (AvgIpc) is 2.24. The highest BCUT2D eigenvalue weighted by Crippen LogP contribution is 2.18. The van der Waals surface area contributed by atoms with Gasteiger partial charge in [0.2, 0.25) is 0 Å². The van der Waals surface area contributed by atoms with Gasteiger partial charge in [-0.3, -0.25) is 4.79 Å². The Balaban J connectivity index is 2.82. The average molecular weight is 259 g/mol. The number of rotatable bonds is 5. The van der Waals surface area contributed by atoms with Crippen molar-refractivity contribution in [2.45, 2.75) is 0 Å². The highest BCUT2D eigenvalue weighted by Gasteiger charge is 2.10. The summed E-state index contributed by atoms with van der Waals surface area (Å²) in [7, 11) is -1.47. The van der Waals surface area contributed by atoms with Gasteiger partial charge in [0, 0.05) is 25.4 Å². The van der Waals surface area contributed by atoms with Gasteiger partial charge in [-0.15, -0.1) is 0 Å². The van der Waals surface area contributed by atoms with Gasteiger partial charge in [-0.1, -0.05) is 0 Å². The van der Waals surface area contributed by atoms with Crippen molar-refractivity contribution in [3.8, 4) is 0 Å². The van der Waals surface area contributed by atoms with Gasteiger partial charge in [0.1, 0.15) is 21.9 Å². The number of benzene rings is 1. The molecule has 0 aliphatic heterocycles. The van der Waals surface area contributed by atoms with Crippen molar-refractivity contribution >= 4 is 21.8 Å². The molecule has 0 fully saturated rings. The third kappa shape index (κ3) is 4.14. The van der Waals surface area contributed by atoms with Crippen LogP contribution in [0.25, 0.3) is 0 Å². The van der Waals surface area contributed by atoms with Gasteiger partial charge in [0.25, 0.3) is 0 Å². The van der Waals surface area contributed by atoms with Crippen molar-refractivity contribution in [1.29, 1.82) is 0 Å². The van der Waals surface area contributed by atoms with E-state index in [2.05, 4.69) is 0 Å². The van der Waals surface area contributed by atoms with Crippen LogP contribution in [0.1, 0.15) is 10.4 Å². The molecule has 1 rings (SSSR count). The van der Waals surface area contributed by atoms with Crippen molar-refractivity contribution in [2.75, 3.05) is 30.5 Å². The first kappa shape index (κ1) is 13.6. The number of hydrogen-bond acceptors (Lipinski definition) is 4. The molecule has 0 aliphatic rings. The number of carbonyl (C=O) groups is 1. The number of halogens is 1. The Bertz CT molecular complexity index is 513. The first-order chi connectivity index (χ1) is 7.83. The molecule has 0 aliphatic carbocycles. The van der Waals surface area contributed by atoms with Crippen molar-refractivity contribution in [1.82, 2.24) is 0 Å². The fourth-order valence-corrected chi connectivity index (χ4v) is 1.93. The van der Waals surface area contributed by atoms with Crippen LogP contribution < -0.4 is 4.90 Å². The van der Waals surface area contributed by atoms with Gasteiger partial charge in [0.15, 0.2) is 0 Å². The number of anilines is 1. The fourth-order valence-electron chi connectivity index (χ4n) is 1.33. The fraction of sp³-hybridized carbons (Fsp3) is 0.364. The van der Waals surface area contributed by atoms with E-state index in [9.17, 15) is 17.6 Å². The molecule has 0 aromatic heterocycles. The molecule has 6 heteroatoms. The summed E-state index contributed by atoms with van der Waals surface area (Å²) >= 11 is 0. The zero-order chi connectivity index (χ0) is 13.1. The van der Waals surface area contributed by atoms with Crippen molar-refractivity contribution in [2.24, 2.45) is 0 Å². The molecule has 0 saturated heterocycles. The summed E-state index contributed by atoms with van der Waals surface area (Å²) in [5, 5.41) is 0. The molecular formula is C11H14FNO3S.